The molecule has 0 aromatic rings. The number of nitrogens with one attached hydrogen (secondary N) is 6. The van der Waals surface area contributed by atoms with E-state index in [-0.39, 0.29) is 31.1 Å². The Hall–Kier alpha value is -5.14. The molecule has 0 rings (SSSR count). The minimum atomic E-state index is -1.61. The third-order valence-electron chi connectivity index (χ3n) is 7.30. The van der Waals surface area contributed by atoms with Crippen LogP contribution in [0.4, 0.5) is 0 Å². The summed E-state index contributed by atoms with van der Waals surface area (Å²) in [5.74, 6) is -9.64. The standard InChI is InChI=1S/C30H48N6O14/c1-16(37)18(31-3)6-4-5-15-32-23(39)11-7-20(28(45)46)34-25(41)13-9-22(30(49)50)36-26(42)14-10-21(29(47)48)35-24(40)12-8-19(27(43)44)33-17(2)38/h18-22,31H,4-15H2,1-3H3,(H,32,39)(H,33,38)(H,34,41)(H,35,40)(H,36,42)(H,43,44)(H,45,46)(H,47,48)(H,49,50)/t18-,19-,20?,21?,22-/m0/s1. The van der Waals surface area contributed by atoms with E-state index in [0.717, 1.165) is 6.92 Å². The summed E-state index contributed by atoms with van der Waals surface area (Å²) in [4.78, 5) is 118. The highest BCUT2D eigenvalue weighted by molar-refractivity contribution is 5.88. The second-order valence-corrected chi connectivity index (χ2v) is 11.4. The van der Waals surface area contributed by atoms with Gasteiger partial charge in [0.05, 0.1) is 6.04 Å². The van der Waals surface area contributed by atoms with Gasteiger partial charge in [0, 0.05) is 39.2 Å². The molecule has 5 amide bonds. The van der Waals surface area contributed by atoms with Crippen molar-refractivity contribution < 1.29 is 68.4 Å². The lowest BCUT2D eigenvalue weighted by molar-refractivity contribution is -0.144. The number of likely N-dealkylation sites (N-methyl/N-ethyl adjacent to an activating group) is 1. The first-order valence-corrected chi connectivity index (χ1v) is 15.9. The Kier molecular flexibility index (Phi) is 21.6. The van der Waals surface area contributed by atoms with E-state index in [1.165, 1.54) is 6.92 Å². The van der Waals surface area contributed by atoms with Crippen molar-refractivity contribution in [3.63, 3.8) is 0 Å². The van der Waals surface area contributed by atoms with E-state index >= 15 is 0 Å². The van der Waals surface area contributed by atoms with Crippen LogP contribution in [0.25, 0.3) is 0 Å². The number of carbonyl (C=O) groups is 10. The summed E-state index contributed by atoms with van der Waals surface area (Å²) in [6, 6.07) is -6.32. The highest BCUT2D eigenvalue weighted by atomic mass is 16.4. The summed E-state index contributed by atoms with van der Waals surface area (Å²) in [5.41, 5.74) is 0. The molecule has 2 unspecified atom stereocenters. The van der Waals surface area contributed by atoms with Gasteiger partial charge in [0.1, 0.15) is 30.0 Å². The van der Waals surface area contributed by atoms with Crippen molar-refractivity contribution in [3.8, 4) is 0 Å². The highest BCUT2D eigenvalue weighted by Gasteiger charge is 2.27. The molecular weight excluding hydrogens is 668 g/mol. The summed E-state index contributed by atoms with van der Waals surface area (Å²) in [5, 5.41) is 51.5. The number of unbranched alkanes of at least 4 members (excludes halogenated alkanes) is 1. The molecule has 20 heteroatoms. The molecule has 50 heavy (non-hydrogen) atoms. The first kappa shape index (κ1) is 44.9. The fourth-order valence-electron chi connectivity index (χ4n) is 4.52. The van der Waals surface area contributed by atoms with Gasteiger partial charge in [0.15, 0.2) is 0 Å². The third kappa shape index (κ3) is 20.3. The van der Waals surface area contributed by atoms with Crippen LogP contribution < -0.4 is 31.9 Å². The number of carboxylic acids is 4. The van der Waals surface area contributed by atoms with E-state index in [4.69, 9.17) is 5.11 Å². The minimum Gasteiger partial charge on any atom is -0.480 e. The van der Waals surface area contributed by atoms with Gasteiger partial charge in [-0.05, 0) is 58.9 Å². The van der Waals surface area contributed by atoms with Gasteiger partial charge in [-0.2, -0.15) is 0 Å². The maximum Gasteiger partial charge on any atom is 0.326 e. The van der Waals surface area contributed by atoms with Gasteiger partial charge in [-0.15, -0.1) is 0 Å². The lowest BCUT2D eigenvalue weighted by Crippen LogP contribution is -2.45. The Morgan fingerprint density at radius 2 is 0.800 bits per heavy atom. The molecule has 10 N–H and O–H groups in total. The normalized spacial score (nSPS) is 13.7. The van der Waals surface area contributed by atoms with Crippen molar-refractivity contribution in [1.29, 1.82) is 0 Å². The predicted octanol–water partition coefficient (Wildman–Crippen LogP) is -2.13. The summed E-state index contributed by atoms with van der Waals surface area (Å²) in [7, 11) is 1.67. The molecule has 0 fully saturated rings. The fraction of sp³-hybridized carbons (Fsp3) is 0.667. The smallest absolute Gasteiger partial charge is 0.326 e. The zero-order valence-electron chi connectivity index (χ0n) is 28.2. The summed E-state index contributed by atoms with van der Waals surface area (Å²) < 4.78 is 0. The third-order valence-corrected chi connectivity index (χ3v) is 7.30. The molecule has 0 saturated heterocycles. The van der Waals surface area contributed by atoms with Crippen LogP contribution in [0.2, 0.25) is 0 Å². The Morgan fingerprint density at radius 1 is 0.460 bits per heavy atom. The van der Waals surface area contributed by atoms with Crippen molar-refractivity contribution in [2.75, 3.05) is 13.6 Å². The van der Waals surface area contributed by atoms with Crippen LogP contribution in [-0.4, -0.2) is 123 Å². The quantitative estimate of drug-likeness (QED) is 0.0406. The first-order valence-electron chi connectivity index (χ1n) is 15.9. The molecule has 282 valence electrons. The van der Waals surface area contributed by atoms with Crippen LogP contribution in [0, 0.1) is 0 Å². The Balaban J connectivity index is 4.79. The van der Waals surface area contributed by atoms with Gasteiger partial charge < -0.3 is 52.3 Å². The maximum absolute atomic E-state index is 12.4. The zero-order valence-corrected chi connectivity index (χ0v) is 28.2. The lowest BCUT2D eigenvalue weighted by atomic mass is 10.1. The number of amides is 5. The number of Topliss-reactive ketones (excluding diaryl/α,β-unsaturated/α-hetero) is 1. The molecular formula is C30H48N6O14. The van der Waals surface area contributed by atoms with Crippen LogP contribution in [0.1, 0.15) is 84.5 Å². The van der Waals surface area contributed by atoms with Crippen LogP contribution in [0.5, 0.6) is 0 Å². The molecule has 0 aromatic heterocycles. The fourth-order valence-corrected chi connectivity index (χ4v) is 4.52. The monoisotopic (exact) mass is 716 g/mol. The van der Waals surface area contributed by atoms with Crippen molar-refractivity contribution in [1.82, 2.24) is 31.9 Å². The van der Waals surface area contributed by atoms with Crippen LogP contribution in [-0.2, 0) is 47.9 Å². The second kappa shape index (κ2) is 24.1. The Morgan fingerprint density at radius 3 is 1.10 bits per heavy atom. The molecule has 0 bridgehead atoms. The van der Waals surface area contributed by atoms with Gasteiger partial charge in [0.25, 0.3) is 0 Å². The first-order chi connectivity index (χ1) is 23.4. The predicted molar refractivity (Wildman–Crippen MR) is 171 cm³/mol. The zero-order chi connectivity index (χ0) is 38.4. The average Bonchev–Trinajstić information content (AvgIpc) is 3.02. The second-order valence-electron chi connectivity index (χ2n) is 11.4. The van der Waals surface area contributed by atoms with Gasteiger partial charge >= 0.3 is 23.9 Å². The van der Waals surface area contributed by atoms with E-state index in [1.807, 2.05) is 0 Å². The SMILES string of the molecule is CN[C@@H](CCCCNC(=O)CCC(NC(=O)CC[C@H](NC(=O)CCC(NC(=O)CC[C@H](NC(C)=O)C(=O)O)C(=O)O)C(=O)O)C(=O)O)C(C)=O. The van der Waals surface area contributed by atoms with E-state index < -0.39 is 110 Å². The van der Waals surface area contributed by atoms with Crippen LogP contribution >= 0.6 is 0 Å². The van der Waals surface area contributed by atoms with E-state index in [2.05, 4.69) is 31.9 Å². The number of carboxylic acid groups (broad SMARTS) is 4. The average molecular weight is 717 g/mol. The van der Waals surface area contributed by atoms with Gasteiger partial charge in [0.2, 0.25) is 29.5 Å². The number of hydrogen-bond acceptors (Lipinski definition) is 11. The Bertz CT molecular complexity index is 1240. The van der Waals surface area contributed by atoms with Gasteiger partial charge in [-0.3, -0.25) is 28.8 Å². The van der Waals surface area contributed by atoms with E-state index in [1.54, 1.807) is 7.05 Å². The molecule has 0 aliphatic heterocycles. The number of hydrogen-bond donors (Lipinski definition) is 10. The number of ketones is 1. The molecule has 0 spiro atoms. The van der Waals surface area contributed by atoms with Crippen molar-refractivity contribution in [2.45, 2.75) is 115 Å². The van der Waals surface area contributed by atoms with E-state index in [9.17, 15) is 63.3 Å². The van der Waals surface area contributed by atoms with Crippen LogP contribution in [0.15, 0.2) is 0 Å². The van der Waals surface area contributed by atoms with Gasteiger partial charge in [-0.1, -0.05) is 0 Å². The topological polar surface area (TPSA) is 324 Å². The van der Waals surface area contributed by atoms with E-state index in [0.29, 0.717) is 25.8 Å². The maximum atomic E-state index is 12.4. The van der Waals surface area contributed by atoms with Crippen LogP contribution in [0.3, 0.4) is 0 Å². The number of carbonyl (C=O) groups excluding carboxylic acids is 6. The minimum absolute atomic E-state index is 0.00219. The largest absolute Gasteiger partial charge is 0.480 e. The van der Waals surface area contributed by atoms with Crippen molar-refractivity contribution in [3.05, 3.63) is 0 Å². The molecule has 20 nitrogen and oxygen atoms in total. The summed E-state index contributed by atoms with van der Waals surface area (Å²) in [6.07, 6.45) is -1.46. The lowest BCUT2D eigenvalue weighted by Gasteiger charge is -2.18. The molecule has 0 aliphatic rings. The molecule has 0 saturated carbocycles. The Labute approximate surface area is 287 Å². The molecule has 0 aliphatic carbocycles. The molecule has 5 atom stereocenters. The molecule has 0 radical (unpaired) electrons. The summed E-state index contributed by atoms with van der Waals surface area (Å²) >= 11 is 0. The number of rotatable bonds is 27. The van der Waals surface area contributed by atoms with Crippen molar-refractivity contribution in [2.24, 2.45) is 0 Å². The number of aliphatic carboxylic acids is 4. The van der Waals surface area contributed by atoms with Crippen molar-refractivity contribution >= 4 is 59.2 Å². The molecule has 0 aromatic carbocycles. The van der Waals surface area contributed by atoms with Gasteiger partial charge in [-0.25, -0.2) is 19.2 Å². The molecule has 0 heterocycles. The summed E-state index contributed by atoms with van der Waals surface area (Å²) in [6.45, 7) is 2.86. The highest BCUT2D eigenvalue weighted by Crippen LogP contribution is 2.07.